The van der Waals surface area contributed by atoms with Gasteiger partial charge in [0.25, 0.3) is 0 Å². The summed E-state index contributed by atoms with van der Waals surface area (Å²) in [4.78, 5) is 22.4. The van der Waals surface area contributed by atoms with Crippen LogP contribution >= 0.6 is 0 Å². The van der Waals surface area contributed by atoms with E-state index in [1.807, 2.05) is 48.5 Å². The van der Waals surface area contributed by atoms with E-state index in [1.165, 1.54) is 0 Å². The van der Waals surface area contributed by atoms with E-state index in [1.54, 1.807) is 24.3 Å². The van der Waals surface area contributed by atoms with E-state index >= 15 is 0 Å². The van der Waals surface area contributed by atoms with E-state index in [9.17, 15) is 9.59 Å². The Hall–Kier alpha value is -4.12. The zero-order valence-corrected chi connectivity index (χ0v) is 16.2. The zero-order valence-electron chi connectivity index (χ0n) is 16.2. The quantitative estimate of drug-likeness (QED) is 0.299. The van der Waals surface area contributed by atoms with Gasteiger partial charge in [-0.1, -0.05) is 49.6 Å². The van der Waals surface area contributed by atoms with Crippen LogP contribution in [0.3, 0.4) is 0 Å². The molecule has 0 saturated carbocycles. The molecule has 3 rings (SSSR count). The van der Waals surface area contributed by atoms with Gasteiger partial charge in [0.15, 0.2) is 0 Å². The normalized spacial score (nSPS) is 10.0. The molecule has 3 aromatic rings. The van der Waals surface area contributed by atoms with Gasteiger partial charge < -0.3 is 14.2 Å². The molecule has 5 heteroatoms. The van der Waals surface area contributed by atoms with Crippen molar-refractivity contribution in [1.29, 1.82) is 0 Å². The Balaban J connectivity index is 1.57. The summed E-state index contributed by atoms with van der Waals surface area (Å²) in [5, 5.41) is 0. The summed E-state index contributed by atoms with van der Waals surface area (Å²) in [5.74, 6) is 0.674. The van der Waals surface area contributed by atoms with E-state index in [0.717, 1.165) is 34.6 Å². The van der Waals surface area contributed by atoms with Gasteiger partial charge in [-0.15, -0.1) is 0 Å². The van der Waals surface area contributed by atoms with E-state index in [-0.39, 0.29) is 0 Å². The lowest BCUT2D eigenvalue weighted by Crippen LogP contribution is -2.03. The number of ether oxygens (including phenoxy) is 3. The SMILES string of the molecule is C=CC(=O)Oc1ccc(COc2ccc(-c3ccc(OC(=O)C=C)cc3)cc2)cc1. The van der Waals surface area contributed by atoms with Crippen molar-refractivity contribution in [2.45, 2.75) is 6.61 Å². The molecule has 30 heavy (non-hydrogen) atoms. The maximum Gasteiger partial charge on any atom is 0.335 e. The van der Waals surface area contributed by atoms with Crippen LogP contribution in [0.15, 0.2) is 98.1 Å². The molecular weight excluding hydrogens is 380 g/mol. The third-order valence-corrected chi connectivity index (χ3v) is 4.14. The first-order valence-electron chi connectivity index (χ1n) is 9.18. The third-order valence-electron chi connectivity index (χ3n) is 4.14. The van der Waals surface area contributed by atoms with Gasteiger partial charge in [-0.3, -0.25) is 0 Å². The van der Waals surface area contributed by atoms with Crippen LogP contribution in [0.5, 0.6) is 17.2 Å². The van der Waals surface area contributed by atoms with Crippen LogP contribution in [-0.4, -0.2) is 11.9 Å². The molecular formula is C25H20O5. The van der Waals surface area contributed by atoms with Crippen molar-refractivity contribution in [1.82, 2.24) is 0 Å². The first-order chi connectivity index (χ1) is 14.6. The summed E-state index contributed by atoms with van der Waals surface area (Å²) >= 11 is 0. The zero-order chi connectivity index (χ0) is 21.3. The van der Waals surface area contributed by atoms with Gasteiger partial charge in [0.1, 0.15) is 23.9 Å². The standard InChI is InChI=1S/C25H20O5/c1-3-24(26)29-22-11-5-18(6-12-22)17-28-21-13-7-19(8-14-21)20-9-15-23(16-10-20)30-25(27)4-2/h3-16H,1-2,17H2. The van der Waals surface area contributed by atoms with Crippen LogP contribution in [0.4, 0.5) is 0 Å². The molecule has 150 valence electrons. The number of carbonyl (C=O) groups excluding carboxylic acids is 2. The number of hydrogen-bond acceptors (Lipinski definition) is 5. The lowest BCUT2D eigenvalue weighted by molar-refractivity contribution is -0.129. The van der Waals surface area contributed by atoms with Crippen molar-refractivity contribution >= 4 is 11.9 Å². The van der Waals surface area contributed by atoms with Crippen molar-refractivity contribution in [2.24, 2.45) is 0 Å². The molecule has 0 aliphatic rings. The largest absolute Gasteiger partial charge is 0.489 e. The fourth-order valence-electron chi connectivity index (χ4n) is 2.60. The van der Waals surface area contributed by atoms with Crippen LogP contribution < -0.4 is 14.2 Å². The summed E-state index contributed by atoms with van der Waals surface area (Å²) in [5.41, 5.74) is 2.95. The number of esters is 2. The highest BCUT2D eigenvalue weighted by molar-refractivity contribution is 5.83. The fraction of sp³-hybridized carbons (Fsp3) is 0.0400. The van der Waals surface area contributed by atoms with Gasteiger partial charge >= 0.3 is 11.9 Å². The maximum atomic E-state index is 11.2. The maximum absolute atomic E-state index is 11.2. The third kappa shape index (κ3) is 5.69. The van der Waals surface area contributed by atoms with E-state index in [0.29, 0.717) is 18.1 Å². The second-order valence-electron chi connectivity index (χ2n) is 6.23. The molecule has 0 aromatic heterocycles. The molecule has 0 radical (unpaired) electrons. The molecule has 0 atom stereocenters. The number of hydrogen-bond donors (Lipinski definition) is 0. The topological polar surface area (TPSA) is 61.8 Å². The van der Waals surface area contributed by atoms with Gasteiger partial charge in [-0.2, -0.15) is 0 Å². The van der Waals surface area contributed by atoms with Crippen LogP contribution in [0.1, 0.15) is 5.56 Å². The molecule has 0 bridgehead atoms. The summed E-state index contributed by atoms with van der Waals surface area (Å²) in [6, 6.07) is 22.0. The minimum atomic E-state index is -0.494. The lowest BCUT2D eigenvalue weighted by atomic mass is 10.1. The van der Waals surface area contributed by atoms with E-state index < -0.39 is 11.9 Å². The fourth-order valence-corrected chi connectivity index (χ4v) is 2.60. The lowest BCUT2D eigenvalue weighted by Gasteiger charge is -2.09. The predicted molar refractivity (Wildman–Crippen MR) is 114 cm³/mol. The number of rotatable bonds is 8. The Morgan fingerprint density at radius 3 is 1.47 bits per heavy atom. The van der Waals surface area contributed by atoms with Crippen LogP contribution in [0.2, 0.25) is 0 Å². The van der Waals surface area contributed by atoms with Gasteiger partial charge in [0, 0.05) is 12.2 Å². The van der Waals surface area contributed by atoms with Crippen LogP contribution in [0.25, 0.3) is 11.1 Å². The predicted octanol–water partition coefficient (Wildman–Crippen LogP) is 5.12. The highest BCUT2D eigenvalue weighted by Gasteiger charge is 2.04. The van der Waals surface area contributed by atoms with E-state index in [4.69, 9.17) is 14.2 Å². The average molecular weight is 400 g/mol. The summed E-state index contributed by atoms with van der Waals surface area (Å²) < 4.78 is 15.9. The molecule has 0 amide bonds. The molecule has 0 N–H and O–H groups in total. The first-order valence-corrected chi connectivity index (χ1v) is 9.18. The number of benzene rings is 3. The second kappa shape index (κ2) is 9.89. The van der Waals surface area contributed by atoms with Gasteiger partial charge in [0.2, 0.25) is 0 Å². The van der Waals surface area contributed by atoms with Crippen molar-refractivity contribution in [3.8, 4) is 28.4 Å². The molecule has 5 nitrogen and oxygen atoms in total. The summed E-state index contributed by atoms with van der Waals surface area (Å²) in [7, 11) is 0. The van der Waals surface area contributed by atoms with E-state index in [2.05, 4.69) is 13.2 Å². The minimum Gasteiger partial charge on any atom is -0.489 e. The van der Waals surface area contributed by atoms with Gasteiger partial charge in [-0.05, 0) is 53.1 Å². The van der Waals surface area contributed by atoms with Crippen LogP contribution in [-0.2, 0) is 16.2 Å². The van der Waals surface area contributed by atoms with Crippen molar-refractivity contribution in [2.75, 3.05) is 0 Å². The first kappa shape index (κ1) is 20.6. The molecule has 0 heterocycles. The number of carbonyl (C=O) groups is 2. The molecule has 3 aromatic carbocycles. The summed E-state index contributed by atoms with van der Waals surface area (Å²) in [6.45, 7) is 7.13. The van der Waals surface area contributed by atoms with Crippen molar-refractivity contribution in [3.05, 3.63) is 104 Å². The van der Waals surface area contributed by atoms with Gasteiger partial charge in [-0.25, -0.2) is 9.59 Å². The molecule has 0 aliphatic carbocycles. The Morgan fingerprint density at radius 1 is 0.633 bits per heavy atom. The van der Waals surface area contributed by atoms with Crippen molar-refractivity contribution < 1.29 is 23.8 Å². The Morgan fingerprint density at radius 2 is 1.03 bits per heavy atom. The molecule has 0 saturated heterocycles. The average Bonchev–Trinajstić information content (AvgIpc) is 2.79. The van der Waals surface area contributed by atoms with Crippen LogP contribution in [0, 0.1) is 0 Å². The molecule has 0 unspecified atom stereocenters. The highest BCUT2D eigenvalue weighted by atomic mass is 16.5. The minimum absolute atomic E-state index is 0.387. The summed E-state index contributed by atoms with van der Waals surface area (Å²) in [6.07, 6.45) is 2.24. The Bertz CT molecular complexity index is 1030. The molecule has 0 fully saturated rings. The Kier molecular flexibility index (Phi) is 6.79. The highest BCUT2D eigenvalue weighted by Crippen LogP contribution is 2.25. The molecule has 0 spiro atoms. The van der Waals surface area contributed by atoms with Crippen molar-refractivity contribution in [3.63, 3.8) is 0 Å². The monoisotopic (exact) mass is 400 g/mol. The second-order valence-corrected chi connectivity index (χ2v) is 6.23. The Labute approximate surface area is 174 Å². The smallest absolute Gasteiger partial charge is 0.335 e. The van der Waals surface area contributed by atoms with Gasteiger partial charge in [0.05, 0.1) is 0 Å². The molecule has 0 aliphatic heterocycles.